The molecule has 1 unspecified atom stereocenters. The van der Waals surface area contributed by atoms with Crippen LogP contribution in [0.1, 0.15) is 22.8 Å². The van der Waals surface area contributed by atoms with Crippen LogP contribution in [-0.4, -0.2) is 28.0 Å². The lowest BCUT2D eigenvalue weighted by atomic mass is 10.1. The number of hydrogen-bond donors (Lipinski definition) is 3. The zero-order valence-electron chi connectivity index (χ0n) is 24.1. The van der Waals surface area contributed by atoms with E-state index in [9.17, 15) is 14.4 Å². The summed E-state index contributed by atoms with van der Waals surface area (Å²) in [6.45, 7) is 1.79. The lowest BCUT2D eigenvalue weighted by Crippen LogP contribution is -2.30. The highest BCUT2D eigenvalue weighted by molar-refractivity contribution is 8.00. The molecular formula is C34H25Cl3N4O3S2. The second-order valence-corrected chi connectivity index (χ2v) is 13.4. The van der Waals surface area contributed by atoms with Crippen molar-refractivity contribution in [1.29, 1.82) is 0 Å². The molecule has 5 rings (SSSR count). The Balaban J connectivity index is 1.26. The quantitative estimate of drug-likeness (QED) is 0.0993. The van der Waals surface area contributed by atoms with Crippen molar-refractivity contribution >= 4 is 92.5 Å². The van der Waals surface area contributed by atoms with E-state index < -0.39 is 17.1 Å². The molecule has 46 heavy (non-hydrogen) atoms. The van der Waals surface area contributed by atoms with Gasteiger partial charge >= 0.3 is 0 Å². The largest absolute Gasteiger partial charge is 0.321 e. The first-order valence-corrected chi connectivity index (χ1v) is 16.7. The number of aromatic nitrogens is 1. The predicted molar refractivity (Wildman–Crippen MR) is 190 cm³/mol. The predicted octanol–water partition coefficient (Wildman–Crippen LogP) is 9.30. The van der Waals surface area contributed by atoms with Crippen LogP contribution in [0.25, 0.3) is 17.3 Å². The highest BCUT2D eigenvalue weighted by atomic mass is 35.5. The third-order valence-corrected chi connectivity index (χ3v) is 9.11. The van der Waals surface area contributed by atoms with Crippen LogP contribution in [0, 0.1) is 0 Å². The Hall–Kier alpha value is -4.12. The molecule has 0 spiro atoms. The first kappa shape index (κ1) is 33.2. The highest BCUT2D eigenvalue weighted by Crippen LogP contribution is 2.30. The van der Waals surface area contributed by atoms with Crippen LogP contribution < -0.4 is 16.0 Å². The molecule has 1 heterocycles. The molecule has 7 nitrogen and oxygen atoms in total. The minimum atomic E-state index is -0.566. The van der Waals surface area contributed by atoms with Gasteiger partial charge < -0.3 is 16.0 Å². The van der Waals surface area contributed by atoms with Gasteiger partial charge in [-0.2, -0.15) is 0 Å². The molecule has 4 aromatic carbocycles. The lowest BCUT2D eigenvalue weighted by Gasteiger charge is -2.14. The van der Waals surface area contributed by atoms with Gasteiger partial charge in [-0.15, -0.1) is 23.1 Å². The Kier molecular flexibility index (Phi) is 11.2. The lowest BCUT2D eigenvalue weighted by molar-refractivity contribution is -0.115. The smallest absolute Gasteiger partial charge is 0.272 e. The molecule has 1 atom stereocenters. The molecule has 0 saturated carbocycles. The summed E-state index contributed by atoms with van der Waals surface area (Å²) in [4.78, 5) is 44.7. The molecule has 0 bridgehead atoms. The normalized spacial score (nSPS) is 11.9. The van der Waals surface area contributed by atoms with Gasteiger partial charge in [-0.3, -0.25) is 14.4 Å². The molecule has 0 aliphatic heterocycles. The van der Waals surface area contributed by atoms with Crippen molar-refractivity contribution in [3.8, 4) is 11.3 Å². The summed E-state index contributed by atoms with van der Waals surface area (Å²) >= 11 is 21.0. The fourth-order valence-electron chi connectivity index (χ4n) is 4.11. The summed E-state index contributed by atoms with van der Waals surface area (Å²) in [5.41, 5.74) is 2.97. The van der Waals surface area contributed by atoms with Gasteiger partial charge in [-0.1, -0.05) is 77.3 Å². The Morgan fingerprint density at radius 3 is 2.33 bits per heavy atom. The first-order valence-electron chi connectivity index (χ1n) is 13.8. The van der Waals surface area contributed by atoms with Crippen LogP contribution in [-0.2, 0) is 9.59 Å². The number of rotatable bonds is 10. The minimum absolute atomic E-state index is 0.0229. The highest BCUT2D eigenvalue weighted by Gasteiger charge is 2.19. The summed E-state index contributed by atoms with van der Waals surface area (Å²) in [7, 11) is 0. The summed E-state index contributed by atoms with van der Waals surface area (Å²) in [6.07, 6.45) is 1.48. The number of halogens is 3. The van der Waals surface area contributed by atoms with E-state index in [0.717, 1.165) is 16.2 Å². The third-order valence-electron chi connectivity index (χ3n) is 6.44. The van der Waals surface area contributed by atoms with E-state index in [1.807, 2.05) is 23.6 Å². The maximum absolute atomic E-state index is 13.5. The monoisotopic (exact) mass is 706 g/mol. The molecule has 0 saturated heterocycles. The van der Waals surface area contributed by atoms with Crippen molar-refractivity contribution in [2.24, 2.45) is 0 Å². The van der Waals surface area contributed by atoms with E-state index in [-0.39, 0.29) is 11.6 Å². The SMILES string of the molecule is CC(Sc1cccc(NC(=O)/C(=C\c2ccc(Cl)cc2Cl)NC(=O)c2ccccc2)c1)C(=O)Nc1nc(-c2ccc(Cl)cc2)cs1. The number of thiazole rings is 1. The van der Waals surface area contributed by atoms with Crippen molar-refractivity contribution < 1.29 is 14.4 Å². The summed E-state index contributed by atoms with van der Waals surface area (Å²) < 4.78 is 0. The van der Waals surface area contributed by atoms with Crippen molar-refractivity contribution in [2.75, 3.05) is 10.6 Å². The van der Waals surface area contributed by atoms with Gasteiger partial charge in [0.1, 0.15) is 5.70 Å². The molecular weight excluding hydrogens is 683 g/mol. The second kappa shape index (κ2) is 15.4. The van der Waals surface area contributed by atoms with Gasteiger partial charge in [0.15, 0.2) is 5.13 Å². The number of carbonyl (C=O) groups is 3. The molecule has 1 aromatic heterocycles. The number of nitrogens with one attached hydrogen (secondary N) is 3. The van der Waals surface area contributed by atoms with Gasteiger partial charge in [-0.25, -0.2) is 4.98 Å². The van der Waals surface area contributed by atoms with Crippen LogP contribution in [0.3, 0.4) is 0 Å². The fraction of sp³-hybridized carbons (Fsp3) is 0.0588. The standard InChI is InChI=1S/C34H25Cl3N4O3S2/c1-20(31(42)41-34-40-30(19-45-34)21-10-13-24(35)14-11-21)46-27-9-5-8-26(18-27)38-33(44)29(16-23-12-15-25(36)17-28(23)37)39-32(43)22-6-3-2-4-7-22/h2-20H,1H3,(H,38,44)(H,39,43)(H,40,41,42)/b29-16+. The van der Waals surface area contributed by atoms with Crippen LogP contribution >= 0.6 is 57.9 Å². The van der Waals surface area contributed by atoms with E-state index in [0.29, 0.717) is 37.0 Å². The fourth-order valence-corrected chi connectivity index (χ4v) is 6.35. The topological polar surface area (TPSA) is 100 Å². The van der Waals surface area contributed by atoms with Crippen molar-refractivity contribution in [3.05, 3.63) is 134 Å². The molecule has 0 radical (unpaired) electrons. The minimum Gasteiger partial charge on any atom is -0.321 e. The summed E-state index contributed by atoms with van der Waals surface area (Å²) in [5.74, 6) is -1.25. The number of benzene rings is 4. The molecule has 0 aliphatic rings. The van der Waals surface area contributed by atoms with Crippen molar-refractivity contribution in [1.82, 2.24) is 10.3 Å². The molecule has 3 N–H and O–H groups in total. The summed E-state index contributed by atoms with van der Waals surface area (Å²) in [5, 5.41) is 11.7. The number of hydrogen-bond acceptors (Lipinski definition) is 6. The van der Waals surface area contributed by atoms with Gasteiger partial charge in [0.05, 0.1) is 10.9 Å². The van der Waals surface area contributed by atoms with E-state index in [4.69, 9.17) is 34.8 Å². The van der Waals surface area contributed by atoms with Crippen LogP contribution in [0.15, 0.2) is 113 Å². The van der Waals surface area contributed by atoms with E-state index >= 15 is 0 Å². The number of nitrogens with zero attached hydrogens (tertiary/aromatic N) is 1. The molecule has 5 aromatic rings. The average Bonchev–Trinajstić information content (AvgIpc) is 3.51. The molecule has 0 aliphatic carbocycles. The molecule has 3 amide bonds. The molecule has 0 fully saturated rings. The molecule has 12 heteroatoms. The van der Waals surface area contributed by atoms with E-state index in [1.54, 1.807) is 85.8 Å². The number of anilines is 2. The van der Waals surface area contributed by atoms with Gasteiger partial charge in [-0.05, 0) is 73.2 Å². The maximum Gasteiger partial charge on any atom is 0.272 e. The first-order chi connectivity index (χ1) is 22.1. The van der Waals surface area contributed by atoms with Gasteiger partial charge in [0.25, 0.3) is 11.8 Å². The number of carbonyl (C=O) groups excluding carboxylic acids is 3. The second-order valence-electron chi connectivity index (χ2n) is 9.82. The van der Waals surface area contributed by atoms with Gasteiger partial charge in [0.2, 0.25) is 5.91 Å². The zero-order chi connectivity index (χ0) is 32.6. The zero-order valence-corrected chi connectivity index (χ0v) is 28.0. The number of amides is 3. The van der Waals surface area contributed by atoms with Crippen LogP contribution in [0.2, 0.25) is 15.1 Å². The third kappa shape index (κ3) is 8.99. The Morgan fingerprint density at radius 1 is 0.848 bits per heavy atom. The average molecular weight is 708 g/mol. The van der Waals surface area contributed by atoms with Crippen LogP contribution in [0.4, 0.5) is 10.8 Å². The van der Waals surface area contributed by atoms with Crippen molar-refractivity contribution in [2.45, 2.75) is 17.1 Å². The van der Waals surface area contributed by atoms with Crippen LogP contribution in [0.5, 0.6) is 0 Å². The Bertz CT molecular complexity index is 1910. The molecule has 232 valence electrons. The van der Waals surface area contributed by atoms with E-state index in [2.05, 4.69) is 20.9 Å². The number of thioether (sulfide) groups is 1. The maximum atomic E-state index is 13.5. The van der Waals surface area contributed by atoms with E-state index in [1.165, 1.54) is 29.2 Å². The Morgan fingerprint density at radius 2 is 1.59 bits per heavy atom. The Labute approximate surface area is 289 Å². The van der Waals surface area contributed by atoms with Gasteiger partial charge in [0, 0.05) is 42.2 Å². The van der Waals surface area contributed by atoms with Crippen molar-refractivity contribution in [3.63, 3.8) is 0 Å². The summed E-state index contributed by atoms with van der Waals surface area (Å²) in [6, 6.07) is 27.8.